The zero-order chi connectivity index (χ0) is 22.4. The van der Waals surface area contributed by atoms with Gasteiger partial charge in [-0.3, -0.25) is 4.79 Å². The molecule has 3 aromatic carbocycles. The van der Waals surface area contributed by atoms with Gasteiger partial charge in [-0.25, -0.2) is 4.98 Å². The van der Waals surface area contributed by atoms with Crippen molar-refractivity contribution in [2.75, 3.05) is 0 Å². The third kappa shape index (κ3) is 4.03. The molecule has 0 amide bonds. The van der Waals surface area contributed by atoms with Crippen LogP contribution < -0.4 is 5.56 Å². The van der Waals surface area contributed by atoms with Crippen molar-refractivity contribution in [3.63, 3.8) is 0 Å². The monoisotopic (exact) mass is 434 g/mol. The van der Waals surface area contributed by atoms with Crippen molar-refractivity contribution in [3.8, 4) is 22.5 Å². The van der Waals surface area contributed by atoms with Crippen LogP contribution >= 0.6 is 0 Å². The maximum Gasteiger partial charge on any atom is 0.418 e. The maximum atomic E-state index is 13.5. The fourth-order valence-electron chi connectivity index (χ4n) is 3.25. The first-order valence-electron chi connectivity index (χ1n) is 8.92. The molecule has 0 spiro atoms. The molecule has 0 aliphatic carbocycles. The predicted octanol–water partition coefficient (Wildman–Crippen LogP) is 6.29. The van der Waals surface area contributed by atoms with E-state index in [1.165, 1.54) is 12.1 Å². The van der Waals surface area contributed by atoms with Gasteiger partial charge in [0.05, 0.1) is 22.0 Å². The lowest BCUT2D eigenvalue weighted by Crippen LogP contribution is -2.14. The molecule has 4 rings (SSSR count). The second kappa shape index (κ2) is 7.26. The topological polar surface area (TPSA) is 45.8 Å². The van der Waals surface area contributed by atoms with Crippen molar-refractivity contribution >= 4 is 10.9 Å². The molecule has 31 heavy (non-hydrogen) atoms. The van der Waals surface area contributed by atoms with Crippen molar-refractivity contribution in [1.82, 2.24) is 9.97 Å². The third-order valence-electron chi connectivity index (χ3n) is 4.68. The fourth-order valence-corrected chi connectivity index (χ4v) is 3.25. The summed E-state index contributed by atoms with van der Waals surface area (Å²) in [5, 5.41) is -0.311. The van der Waals surface area contributed by atoms with E-state index < -0.39 is 40.4 Å². The Morgan fingerprint density at radius 3 is 2.03 bits per heavy atom. The summed E-state index contributed by atoms with van der Waals surface area (Å²) in [5.41, 5.74) is -3.20. The second-order valence-electron chi connectivity index (χ2n) is 6.78. The van der Waals surface area contributed by atoms with E-state index in [0.717, 1.165) is 24.3 Å². The van der Waals surface area contributed by atoms with Gasteiger partial charge >= 0.3 is 12.4 Å². The third-order valence-corrected chi connectivity index (χ3v) is 4.68. The molecular formula is C22H12F6N2O. The first-order valence-corrected chi connectivity index (χ1v) is 8.92. The highest BCUT2D eigenvalue weighted by molar-refractivity contribution is 5.83. The van der Waals surface area contributed by atoms with Crippen molar-refractivity contribution in [1.29, 1.82) is 0 Å². The lowest BCUT2D eigenvalue weighted by atomic mass is 9.99. The summed E-state index contributed by atoms with van der Waals surface area (Å²) in [6.07, 6.45) is -9.51. The average molecular weight is 434 g/mol. The highest BCUT2D eigenvalue weighted by Gasteiger charge is 2.34. The number of aromatic amines is 1. The molecule has 0 fully saturated rings. The summed E-state index contributed by atoms with van der Waals surface area (Å²) in [6, 6.07) is 14.2. The second-order valence-corrected chi connectivity index (χ2v) is 6.78. The first-order chi connectivity index (χ1) is 14.5. The van der Waals surface area contributed by atoms with Crippen LogP contribution in [0.1, 0.15) is 11.1 Å². The van der Waals surface area contributed by atoms with E-state index in [1.807, 2.05) is 0 Å². The van der Waals surface area contributed by atoms with Gasteiger partial charge in [0.2, 0.25) is 0 Å². The van der Waals surface area contributed by atoms with Crippen LogP contribution in [0.15, 0.2) is 71.5 Å². The normalized spacial score (nSPS) is 12.3. The van der Waals surface area contributed by atoms with E-state index in [2.05, 4.69) is 9.97 Å². The summed E-state index contributed by atoms with van der Waals surface area (Å²) >= 11 is 0. The Morgan fingerprint density at radius 2 is 1.39 bits per heavy atom. The molecule has 0 atom stereocenters. The molecule has 1 aromatic heterocycles. The molecule has 158 valence electrons. The minimum absolute atomic E-state index is 0.162. The Kier molecular flexibility index (Phi) is 4.83. The minimum atomic E-state index is -4.79. The summed E-state index contributed by atoms with van der Waals surface area (Å²) in [6.45, 7) is 0. The van der Waals surface area contributed by atoms with E-state index in [0.29, 0.717) is 5.56 Å². The van der Waals surface area contributed by atoms with E-state index in [1.54, 1.807) is 30.3 Å². The number of rotatable bonds is 2. The molecule has 0 unspecified atom stereocenters. The largest absolute Gasteiger partial charge is 0.418 e. The van der Waals surface area contributed by atoms with Crippen molar-refractivity contribution in [2.24, 2.45) is 0 Å². The number of halogens is 6. The van der Waals surface area contributed by atoms with Gasteiger partial charge in [0.1, 0.15) is 5.82 Å². The van der Waals surface area contributed by atoms with Crippen molar-refractivity contribution in [3.05, 3.63) is 88.2 Å². The highest BCUT2D eigenvalue weighted by Crippen LogP contribution is 2.37. The summed E-state index contributed by atoms with van der Waals surface area (Å²) in [5.74, 6) is -0.391. The summed E-state index contributed by atoms with van der Waals surface area (Å²) in [7, 11) is 0. The van der Waals surface area contributed by atoms with Crippen LogP contribution in [-0.2, 0) is 12.4 Å². The smallest absolute Gasteiger partial charge is 0.306 e. The number of benzene rings is 3. The van der Waals surface area contributed by atoms with E-state index >= 15 is 0 Å². The summed E-state index contributed by atoms with van der Waals surface area (Å²) in [4.78, 5) is 18.6. The van der Waals surface area contributed by atoms with Crippen LogP contribution in [0.25, 0.3) is 33.4 Å². The fraction of sp³-hybridized carbons (Fsp3) is 0.0909. The maximum absolute atomic E-state index is 13.5. The Bertz CT molecular complexity index is 1320. The number of nitrogens with one attached hydrogen (secondary N) is 1. The number of hydrogen-bond donors (Lipinski definition) is 1. The molecule has 1 N–H and O–H groups in total. The van der Waals surface area contributed by atoms with E-state index in [-0.39, 0.29) is 16.5 Å². The number of nitrogens with zero attached hydrogens (tertiary/aromatic N) is 1. The van der Waals surface area contributed by atoms with Crippen LogP contribution in [0.3, 0.4) is 0 Å². The first kappa shape index (κ1) is 20.6. The SMILES string of the molecule is O=c1[nH]c(-c2cc(-c3ccccc3)cc(C(F)(F)F)c2)nc2c(C(F)(F)F)cccc12. The van der Waals surface area contributed by atoms with E-state index in [9.17, 15) is 31.1 Å². The van der Waals surface area contributed by atoms with Gasteiger partial charge in [-0.2, -0.15) is 26.3 Å². The van der Waals surface area contributed by atoms with Gasteiger partial charge in [0.15, 0.2) is 0 Å². The van der Waals surface area contributed by atoms with Gasteiger partial charge in [-0.15, -0.1) is 0 Å². The van der Waals surface area contributed by atoms with Crippen molar-refractivity contribution in [2.45, 2.75) is 12.4 Å². The molecule has 0 aliphatic rings. The van der Waals surface area contributed by atoms with Crippen LogP contribution in [-0.4, -0.2) is 9.97 Å². The molecule has 3 nitrogen and oxygen atoms in total. The quantitative estimate of drug-likeness (QED) is 0.377. The molecule has 0 radical (unpaired) electrons. The van der Waals surface area contributed by atoms with Gasteiger partial charge in [-0.1, -0.05) is 36.4 Å². The molecule has 0 saturated heterocycles. The zero-order valence-corrected chi connectivity index (χ0v) is 15.5. The molecule has 0 bridgehead atoms. The number of fused-ring (bicyclic) bond motifs is 1. The Balaban J connectivity index is 2.00. The van der Waals surface area contributed by atoms with Gasteiger partial charge in [-0.05, 0) is 41.5 Å². The standard InChI is InChI=1S/C22H12F6N2O/c23-21(24,25)15-10-13(12-5-2-1-3-6-12)9-14(11-15)19-29-18-16(20(31)30-19)7-4-8-17(18)22(26,27)28/h1-11H,(H,29,30,31). The van der Waals surface area contributed by atoms with E-state index in [4.69, 9.17) is 0 Å². The molecular weight excluding hydrogens is 422 g/mol. The van der Waals surface area contributed by atoms with Gasteiger partial charge < -0.3 is 4.98 Å². The summed E-state index contributed by atoms with van der Waals surface area (Å²) < 4.78 is 80.6. The Hall–Kier alpha value is -3.62. The molecule has 9 heteroatoms. The Labute approximate surface area is 171 Å². The van der Waals surface area contributed by atoms with Crippen LogP contribution in [0.2, 0.25) is 0 Å². The lowest BCUT2D eigenvalue weighted by Gasteiger charge is -2.14. The van der Waals surface area contributed by atoms with Gasteiger partial charge in [0.25, 0.3) is 5.56 Å². The van der Waals surface area contributed by atoms with Crippen molar-refractivity contribution < 1.29 is 26.3 Å². The lowest BCUT2D eigenvalue weighted by molar-refractivity contribution is -0.137. The van der Waals surface area contributed by atoms with Crippen LogP contribution in [0.4, 0.5) is 26.3 Å². The molecule has 0 aliphatic heterocycles. The number of alkyl halides is 6. The number of para-hydroxylation sites is 1. The van der Waals surface area contributed by atoms with Gasteiger partial charge in [0, 0.05) is 5.56 Å². The van der Waals surface area contributed by atoms with Crippen LogP contribution in [0.5, 0.6) is 0 Å². The number of hydrogen-bond acceptors (Lipinski definition) is 2. The van der Waals surface area contributed by atoms with Crippen LogP contribution in [0, 0.1) is 0 Å². The highest BCUT2D eigenvalue weighted by atomic mass is 19.4. The number of H-pyrrole nitrogens is 1. The minimum Gasteiger partial charge on any atom is -0.306 e. The zero-order valence-electron chi connectivity index (χ0n) is 15.5. The Morgan fingerprint density at radius 1 is 0.710 bits per heavy atom. The average Bonchev–Trinajstić information content (AvgIpc) is 2.72. The molecule has 4 aromatic rings. The molecule has 0 saturated carbocycles. The predicted molar refractivity (Wildman–Crippen MR) is 103 cm³/mol. The molecule has 1 heterocycles. The number of aromatic nitrogens is 2.